The zero-order valence-electron chi connectivity index (χ0n) is 14.8. The Balaban J connectivity index is 1.85. The van der Waals surface area contributed by atoms with Crippen molar-refractivity contribution in [1.29, 1.82) is 0 Å². The predicted octanol–water partition coefficient (Wildman–Crippen LogP) is 1.17. The average molecular weight is 447 g/mol. The smallest absolute Gasteiger partial charge is 0.255 e. The topological polar surface area (TPSA) is 87.2 Å². The molecule has 0 bridgehead atoms. The molecule has 2 saturated heterocycles. The number of carbonyl (C=O) groups excluding carboxylic acids is 1. The van der Waals surface area contributed by atoms with E-state index in [1.165, 1.54) is 10.6 Å². The molecule has 2 fully saturated rings. The highest BCUT2D eigenvalue weighted by Gasteiger charge is 2.52. The Bertz CT molecular complexity index is 815. The van der Waals surface area contributed by atoms with Gasteiger partial charge in [0.05, 0.1) is 25.5 Å². The minimum atomic E-state index is -3.32. The molecule has 0 aromatic heterocycles. The number of hydrogen-bond donors (Lipinski definition) is 1. The molecule has 0 saturated carbocycles. The second-order valence-corrected chi connectivity index (χ2v) is 9.97. The first-order valence-corrected chi connectivity index (χ1v) is 11.0. The minimum absolute atomic E-state index is 0.0556. The SMILES string of the molecule is COc1ccc(Br)c(C(=O)N2CCC3CN(S(C)(=O)=O)CC3(CO)C2)c1. The number of aliphatic hydroxyl groups excluding tert-OH is 1. The molecule has 1 amide bonds. The van der Waals surface area contributed by atoms with Crippen LogP contribution in [0.3, 0.4) is 0 Å². The van der Waals surface area contributed by atoms with Gasteiger partial charge in [-0.05, 0) is 46.5 Å². The highest BCUT2D eigenvalue weighted by atomic mass is 79.9. The number of aliphatic hydroxyl groups is 1. The van der Waals surface area contributed by atoms with Gasteiger partial charge in [-0.2, -0.15) is 0 Å². The first-order valence-electron chi connectivity index (χ1n) is 8.39. The van der Waals surface area contributed by atoms with Crippen LogP contribution >= 0.6 is 15.9 Å². The van der Waals surface area contributed by atoms with Crippen LogP contribution in [0, 0.1) is 11.3 Å². The lowest BCUT2D eigenvalue weighted by atomic mass is 9.74. The fourth-order valence-electron chi connectivity index (χ4n) is 3.95. The number of sulfonamides is 1. The molecule has 1 aromatic carbocycles. The number of ether oxygens (including phenoxy) is 1. The quantitative estimate of drug-likeness (QED) is 0.749. The molecule has 144 valence electrons. The number of likely N-dealkylation sites (tertiary alicyclic amines) is 1. The molecule has 2 unspecified atom stereocenters. The molecule has 2 aliphatic rings. The van der Waals surface area contributed by atoms with Crippen LogP contribution in [0.4, 0.5) is 0 Å². The van der Waals surface area contributed by atoms with Gasteiger partial charge in [-0.1, -0.05) is 0 Å². The van der Waals surface area contributed by atoms with Crippen molar-refractivity contribution in [2.75, 3.05) is 46.2 Å². The molecule has 7 nitrogen and oxygen atoms in total. The summed E-state index contributed by atoms with van der Waals surface area (Å²) in [6, 6.07) is 5.21. The van der Waals surface area contributed by atoms with Crippen LogP contribution in [-0.2, 0) is 10.0 Å². The van der Waals surface area contributed by atoms with E-state index in [4.69, 9.17) is 4.74 Å². The normalized spacial score (nSPS) is 26.6. The number of halogens is 1. The van der Waals surface area contributed by atoms with E-state index >= 15 is 0 Å². The van der Waals surface area contributed by atoms with E-state index in [9.17, 15) is 18.3 Å². The van der Waals surface area contributed by atoms with Gasteiger partial charge in [0.25, 0.3) is 5.91 Å². The lowest BCUT2D eigenvalue weighted by molar-refractivity contribution is 0.0128. The van der Waals surface area contributed by atoms with Gasteiger partial charge in [0.15, 0.2) is 0 Å². The molecule has 9 heteroatoms. The molecular weight excluding hydrogens is 424 g/mol. The van der Waals surface area contributed by atoms with Crippen molar-refractivity contribution in [3.8, 4) is 5.75 Å². The third kappa shape index (κ3) is 3.49. The van der Waals surface area contributed by atoms with E-state index in [1.54, 1.807) is 30.2 Å². The van der Waals surface area contributed by atoms with Crippen LogP contribution < -0.4 is 4.74 Å². The van der Waals surface area contributed by atoms with Crippen molar-refractivity contribution in [2.45, 2.75) is 6.42 Å². The fourth-order valence-corrected chi connectivity index (χ4v) is 5.31. The van der Waals surface area contributed by atoms with Gasteiger partial charge in [0.1, 0.15) is 5.75 Å². The van der Waals surface area contributed by atoms with Crippen molar-refractivity contribution >= 4 is 31.9 Å². The van der Waals surface area contributed by atoms with Crippen LogP contribution in [-0.4, -0.2) is 74.8 Å². The lowest BCUT2D eigenvalue weighted by Crippen LogP contribution is -2.52. The highest BCUT2D eigenvalue weighted by molar-refractivity contribution is 9.10. The number of hydrogen-bond acceptors (Lipinski definition) is 5. The Labute approximate surface area is 162 Å². The Hall–Kier alpha value is -1.16. The van der Waals surface area contributed by atoms with Gasteiger partial charge < -0.3 is 14.7 Å². The van der Waals surface area contributed by atoms with Crippen LogP contribution in [0.15, 0.2) is 22.7 Å². The summed E-state index contributed by atoms with van der Waals surface area (Å²) < 4.78 is 31.2. The van der Waals surface area contributed by atoms with E-state index < -0.39 is 15.4 Å². The van der Waals surface area contributed by atoms with E-state index in [-0.39, 0.29) is 25.0 Å². The number of benzene rings is 1. The number of rotatable bonds is 4. The summed E-state index contributed by atoms with van der Waals surface area (Å²) in [4.78, 5) is 14.7. The van der Waals surface area contributed by atoms with E-state index in [2.05, 4.69) is 15.9 Å². The Morgan fingerprint density at radius 3 is 2.77 bits per heavy atom. The summed E-state index contributed by atoms with van der Waals surface area (Å²) in [5, 5.41) is 10.1. The first kappa shape index (κ1) is 19.6. The maximum Gasteiger partial charge on any atom is 0.255 e. The van der Waals surface area contributed by atoms with Gasteiger partial charge in [-0.3, -0.25) is 4.79 Å². The van der Waals surface area contributed by atoms with Crippen molar-refractivity contribution in [3.63, 3.8) is 0 Å². The molecule has 3 rings (SSSR count). The van der Waals surface area contributed by atoms with Gasteiger partial charge >= 0.3 is 0 Å². The predicted molar refractivity (Wildman–Crippen MR) is 101 cm³/mol. The minimum Gasteiger partial charge on any atom is -0.497 e. The molecule has 0 radical (unpaired) electrons. The summed E-state index contributed by atoms with van der Waals surface area (Å²) in [5.74, 6) is 0.493. The highest BCUT2D eigenvalue weighted by Crippen LogP contribution is 2.43. The van der Waals surface area contributed by atoms with Gasteiger partial charge in [0.2, 0.25) is 10.0 Å². The van der Waals surface area contributed by atoms with Crippen molar-refractivity contribution in [1.82, 2.24) is 9.21 Å². The number of amides is 1. The van der Waals surface area contributed by atoms with Crippen LogP contribution in [0.25, 0.3) is 0 Å². The second-order valence-electron chi connectivity index (χ2n) is 7.13. The summed E-state index contributed by atoms with van der Waals surface area (Å²) in [5.41, 5.74) is -0.114. The Kier molecular flexibility index (Phi) is 5.35. The summed E-state index contributed by atoms with van der Waals surface area (Å²) in [6.07, 6.45) is 1.85. The number of piperidine rings is 1. The Morgan fingerprint density at radius 2 is 2.15 bits per heavy atom. The number of nitrogens with zero attached hydrogens (tertiary/aromatic N) is 2. The van der Waals surface area contributed by atoms with E-state index in [0.29, 0.717) is 41.8 Å². The number of fused-ring (bicyclic) bond motifs is 1. The van der Waals surface area contributed by atoms with Gasteiger partial charge in [0, 0.05) is 36.1 Å². The maximum absolute atomic E-state index is 13.0. The molecule has 2 atom stereocenters. The van der Waals surface area contributed by atoms with Crippen LogP contribution in [0.5, 0.6) is 5.75 Å². The van der Waals surface area contributed by atoms with Crippen molar-refractivity contribution in [2.24, 2.45) is 11.3 Å². The molecule has 2 heterocycles. The van der Waals surface area contributed by atoms with Crippen LogP contribution in [0.1, 0.15) is 16.8 Å². The molecule has 1 aromatic rings. The molecule has 1 N–H and O–H groups in total. The molecule has 0 aliphatic carbocycles. The fraction of sp³-hybridized carbons (Fsp3) is 0.588. The number of carbonyl (C=O) groups is 1. The average Bonchev–Trinajstić information content (AvgIpc) is 3.01. The maximum atomic E-state index is 13.0. The van der Waals surface area contributed by atoms with E-state index in [1.807, 2.05) is 0 Å². The summed E-state index contributed by atoms with van der Waals surface area (Å²) in [6.45, 7) is 1.38. The van der Waals surface area contributed by atoms with Crippen molar-refractivity contribution in [3.05, 3.63) is 28.2 Å². The van der Waals surface area contributed by atoms with E-state index in [0.717, 1.165) is 0 Å². The Morgan fingerprint density at radius 1 is 1.42 bits per heavy atom. The summed E-state index contributed by atoms with van der Waals surface area (Å²) >= 11 is 3.41. The first-order chi connectivity index (χ1) is 12.2. The monoisotopic (exact) mass is 446 g/mol. The lowest BCUT2D eigenvalue weighted by Gasteiger charge is -2.43. The van der Waals surface area contributed by atoms with Crippen molar-refractivity contribution < 1.29 is 23.1 Å². The standard InChI is InChI=1S/C17H23BrN2O5S/c1-25-13-3-4-15(18)14(7-13)16(22)19-6-5-12-8-20(26(2,23)24)10-17(12,9-19)11-21/h3-4,7,12,21H,5-6,8-11H2,1-2H3. The summed E-state index contributed by atoms with van der Waals surface area (Å²) in [7, 11) is -1.78. The van der Waals surface area contributed by atoms with Crippen LogP contribution in [0.2, 0.25) is 0 Å². The third-order valence-electron chi connectivity index (χ3n) is 5.51. The second kappa shape index (κ2) is 7.10. The van der Waals surface area contributed by atoms with Gasteiger partial charge in [-0.15, -0.1) is 0 Å². The molecule has 0 spiro atoms. The van der Waals surface area contributed by atoms with Gasteiger partial charge in [-0.25, -0.2) is 12.7 Å². The molecule has 26 heavy (non-hydrogen) atoms. The largest absolute Gasteiger partial charge is 0.497 e. The zero-order chi connectivity index (χ0) is 19.1. The molecule has 2 aliphatic heterocycles. The zero-order valence-corrected chi connectivity index (χ0v) is 17.2. The number of methoxy groups -OCH3 is 1. The molecular formula is C17H23BrN2O5S. The third-order valence-corrected chi connectivity index (χ3v) is 7.42.